The lowest BCUT2D eigenvalue weighted by atomic mass is 9.58. The molecule has 0 saturated heterocycles. The van der Waals surface area contributed by atoms with Gasteiger partial charge in [-0.1, -0.05) is 0 Å². The Labute approximate surface area is 260 Å². The van der Waals surface area contributed by atoms with Crippen LogP contribution in [0.25, 0.3) is 0 Å². The van der Waals surface area contributed by atoms with Gasteiger partial charge in [-0.25, -0.2) is 0 Å². The number of fused-ring (bicyclic) bond motifs is 3. The fraction of sp³-hybridized carbons (Fsp3) is 0.500. The SMILES string of the molecule is CN(C)c1cc(NC(=O)CNC2CC2)c(O)c2c1CC1CC3[C@H](N(C)C)C(O)=C(C(N)=O)C(=O)[C@@]3(O)C(O)=C1C2=O.Cl.Cl. The second-order valence-corrected chi connectivity index (χ2v) is 11.7. The number of benzene rings is 1. The minimum absolute atomic E-state index is 0. The normalized spacial score (nSPS) is 26.1. The highest BCUT2D eigenvalue weighted by Gasteiger charge is 2.63. The van der Waals surface area contributed by atoms with Crippen LogP contribution in [0.5, 0.6) is 5.75 Å². The van der Waals surface area contributed by atoms with Crippen molar-refractivity contribution in [3.8, 4) is 5.75 Å². The number of carbonyl (C=O) groups excluding carboxylic acids is 4. The average Bonchev–Trinajstić information content (AvgIpc) is 3.70. The molecule has 1 fully saturated rings. The summed E-state index contributed by atoms with van der Waals surface area (Å²) in [7, 11) is 6.64. The molecule has 2 amide bonds. The Kier molecular flexibility index (Phi) is 9.50. The molecule has 0 heterocycles. The number of allylic oxidation sites excluding steroid dienone is 1. The van der Waals surface area contributed by atoms with Crippen LogP contribution in [0.1, 0.15) is 35.2 Å². The summed E-state index contributed by atoms with van der Waals surface area (Å²) in [5.41, 5.74) is 2.40. The highest BCUT2D eigenvalue weighted by Crippen LogP contribution is 2.53. The highest BCUT2D eigenvalue weighted by atomic mass is 35.5. The van der Waals surface area contributed by atoms with Gasteiger partial charge in [0, 0.05) is 37.3 Å². The van der Waals surface area contributed by atoms with Crippen molar-refractivity contribution in [1.29, 1.82) is 0 Å². The molecule has 0 aromatic heterocycles. The summed E-state index contributed by atoms with van der Waals surface area (Å²) in [5.74, 6) is -7.67. The third-order valence-electron chi connectivity index (χ3n) is 8.58. The van der Waals surface area contributed by atoms with Gasteiger partial charge < -0.3 is 41.7 Å². The van der Waals surface area contributed by atoms with Gasteiger partial charge in [0.1, 0.15) is 17.1 Å². The summed E-state index contributed by atoms with van der Waals surface area (Å²) in [5, 5.41) is 51.0. The molecular formula is C28H37Cl2N5O8. The number of nitrogens with zero attached hydrogens (tertiary/aromatic N) is 2. The van der Waals surface area contributed by atoms with E-state index in [1.54, 1.807) is 39.2 Å². The molecule has 236 valence electrons. The summed E-state index contributed by atoms with van der Waals surface area (Å²) < 4.78 is 0. The number of rotatable bonds is 7. The molecule has 8 N–H and O–H groups in total. The third kappa shape index (κ3) is 5.33. The second-order valence-electron chi connectivity index (χ2n) is 11.7. The standard InChI is InChI=1S/C28H35N5O8.2ClH/c1-32(2)16-9-15(31-17(34)10-30-12-5-6-12)22(35)19-13(16)7-11-8-14-21(33(3)4)24(37)20(27(29)40)26(39)28(14,41)25(38)18(11)23(19)36;;/h9,11-12,14,21,30,35,37-38,41H,5-8,10H2,1-4H3,(H2,29,40)(H,31,34);2*1H/t11?,14?,21-,28-;;/m0../s1. The number of hydrogen-bond donors (Lipinski definition) is 7. The molecule has 0 aliphatic heterocycles. The van der Waals surface area contributed by atoms with Crippen LogP contribution >= 0.6 is 24.8 Å². The number of halogens is 2. The maximum Gasteiger partial charge on any atom is 0.255 e. The van der Waals surface area contributed by atoms with Crippen molar-refractivity contribution in [2.45, 2.75) is 43.4 Å². The minimum atomic E-state index is -2.72. The van der Waals surface area contributed by atoms with Gasteiger partial charge in [-0.15, -0.1) is 24.8 Å². The Bertz CT molecular complexity index is 1450. The van der Waals surface area contributed by atoms with Crippen molar-refractivity contribution in [3.63, 3.8) is 0 Å². The van der Waals surface area contributed by atoms with E-state index < -0.39 is 69.7 Å². The van der Waals surface area contributed by atoms with Crippen LogP contribution in [0, 0.1) is 11.8 Å². The van der Waals surface area contributed by atoms with E-state index in [-0.39, 0.29) is 67.1 Å². The van der Waals surface area contributed by atoms with Crippen molar-refractivity contribution < 1.29 is 39.6 Å². The lowest BCUT2D eigenvalue weighted by molar-refractivity contribution is -0.148. The van der Waals surface area contributed by atoms with Gasteiger partial charge >= 0.3 is 0 Å². The number of anilines is 2. The van der Waals surface area contributed by atoms with Gasteiger partial charge in [-0.05, 0) is 57.3 Å². The number of aliphatic hydroxyl groups is 3. The molecule has 4 aliphatic carbocycles. The summed E-state index contributed by atoms with van der Waals surface area (Å²) >= 11 is 0. The molecule has 15 heteroatoms. The molecule has 0 radical (unpaired) electrons. The topological polar surface area (TPSA) is 206 Å². The number of hydrogen-bond acceptors (Lipinski definition) is 11. The maximum absolute atomic E-state index is 14.0. The lowest BCUT2D eigenvalue weighted by Crippen LogP contribution is -2.63. The van der Waals surface area contributed by atoms with Crippen molar-refractivity contribution in [2.75, 3.05) is 45.0 Å². The van der Waals surface area contributed by atoms with Crippen LogP contribution in [0.2, 0.25) is 0 Å². The largest absolute Gasteiger partial charge is 0.510 e. The van der Waals surface area contributed by atoms with E-state index in [1.165, 1.54) is 4.90 Å². The van der Waals surface area contributed by atoms with E-state index in [4.69, 9.17) is 5.73 Å². The molecule has 4 aliphatic rings. The predicted octanol–water partition coefficient (Wildman–Crippen LogP) is 0.721. The number of amides is 2. The molecule has 1 saturated carbocycles. The number of aromatic hydroxyl groups is 1. The van der Waals surface area contributed by atoms with Crippen LogP contribution in [0.15, 0.2) is 28.7 Å². The van der Waals surface area contributed by atoms with Crippen LogP contribution in [-0.2, 0) is 20.8 Å². The quantitative estimate of drug-likeness (QED) is 0.163. The molecule has 2 unspecified atom stereocenters. The zero-order valence-electron chi connectivity index (χ0n) is 24.1. The van der Waals surface area contributed by atoms with Crippen LogP contribution < -0.4 is 21.3 Å². The molecule has 1 aromatic rings. The monoisotopic (exact) mass is 641 g/mol. The smallest absolute Gasteiger partial charge is 0.255 e. The van der Waals surface area contributed by atoms with Crippen LogP contribution in [0.3, 0.4) is 0 Å². The lowest BCUT2D eigenvalue weighted by Gasteiger charge is -2.50. The van der Waals surface area contributed by atoms with E-state index in [0.29, 0.717) is 11.3 Å². The van der Waals surface area contributed by atoms with Gasteiger partial charge in [-0.2, -0.15) is 0 Å². The first-order valence-corrected chi connectivity index (χ1v) is 13.4. The fourth-order valence-corrected chi connectivity index (χ4v) is 6.51. The summed E-state index contributed by atoms with van der Waals surface area (Å²) in [6.07, 6.45) is 2.10. The van der Waals surface area contributed by atoms with Crippen molar-refractivity contribution in [1.82, 2.24) is 10.2 Å². The molecule has 5 rings (SSSR count). The number of primary amides is 1. The van der Waals surface area contributed by atoms with E-state index in [0.717, 1.165) is 12.8 Å². The number of nitrogens with two attached hydrogens (primary N) is 1. The van der Waals surface area contributed by atoms with Gasteiger partial charge in [0.05, 0.1) is 23.8 Å². The molecular weight excluding hydrogens is 605 g/mol. The first-order valence-electron chi connectivity index (χ1n) is 13.4. The van der Waals surface area contributed by atoms with Crippen LogP contribution in [0.4, 0.5) is 11.4 Å². The number of aliphatic hydroxyl groups excluding tert-OH is 2. The molecule has 1 aromatic carbocycles. The summed E-state index contributed by atoms with van der Waals surface area (Å²) in [4.78, 5) is 55.4. The molecule has 43 heavy (non-hydrogen) atoms. The van der Waals surface area contributed by atoms with Crippen LogP contribution in [-0.4, -0.2) is 101 Å². The predicted molar refractivity (Wildman–Crippen MR) is 162 cm³/mol. The Morgan fingerprint density at radius 1 is 1.09 bits per heavy atom. The Morgan fingerprint density at radius 3 is 2.26 bits per heavy atom. The summed E-state index contributed by atoms with van der Waals surface area (Å²) in [6, 6.07) is 0.792. The maximum atomic E-state index is 14.0. The number of phenolic OH excluding ortho intramolecular Hbond substituents is 1. The molecule has 13 nitrogen and oxygen atoms in total. The Balaban J connectivity index is 0.00000253. The van der Waals surface area contributed by atoms with E-state index >= 15 is 0 Å². The number of ketones is 2. The number of nitrogens with one attached hydrogen (secondary N) is 2. The highest BCUT2D eigenvalue weighted by molar-refractivity contribution is 6.25. The zero-order chi connectivity index (χ0) is 30.1. The molecule has 4 atom stereocenters. The first kappa shape index (κ1) is 34.1. The number of likely N-dealkylation sites (N-methyl/N-ethyl adjacent to an activating group) is 1. The number of Topliss-reactive ketones (excluding diaryl/α,β-unsaturated/α-hetero) is 2. The third-order valence-corrected chi connectivity index (χ3v) is 8.58. The van der Waals surface area contributed by atoms with E-state index in [9.17, 15) is 39.6 Å². The van der Waals surface area contributed by atoms with Gasteiger partial charge in [0.2, 0.25) is 11.7 Å². The Hall–Kier alpha value is -3.36. The van der Waals surface area contributed by atoms with E-state index in [2.05, 4.69) is 10.6 Å². The van der Waals surface area contributed by atoms with Gasteiger partial charge in [-0.3, -0.25) is 24.1 Å². The second kappa shape index (κ2) is 12.0. The first-order chi connectivity index (χ1) is 19.2. The van der Waals surface area contributed by atoms with Crippen molar-refractivity contribution >= 4 is 59.6 Å². The van der Waals surface area contributed by atoms with Crippen molar-refractivity contribution in [2.24, 2.45) is 17.6 Å². The summed E-state index contributed by atoms with van der Waals surface area (Å²) in [6.45, 7) is 0.0204. The zero-order valence-corrected chi connectivity index (χ0v) is 25.8. The molecule has 0 bridgehead atoms. The number of phenols is 1. The van der Waals surface area contributed by atoms with Gasteiger partial charge in [0.25, 0.3) is 5.91 Å². The molecule has 0 spiro atoms. The minimum Gasteiger partial charge on any atom is -0.510 e. The fourth-order valence-electron chi connectivity index (χ4n) is 6.51. The van der Waals surface area contributed by atoms with Gasteiger partial charge in [0.15, 0.2) is 17.1 Å². The average molecular weight is 643 g/mol. The van der Waals surface area contributed by atoms with E-state index in [1.807, 2.05) is 0 Å². The number of carbonyl (C=O) groups is 4. The Morgan fingerprint density at radius 2 is 1.72 bits per heavy atom. The van der Waals surface area contributed by atoms with Crippen molar-refractivity contribution in [3.05, 3.63) is 39.9 Å².